The first kappa shape index (κ1) is 24.5. The van der Waals surface area contributed by atoms with E-state index < -0.39 is 21.9 Å². The lowest BCUT2D eigenvalue weighted by Gasteiger charge is -2.15. The number of aromatic amines is 1. The van der Waals surface area contributed by atoms with E-state index in [1.54, 1.807) is 25.3 Å². The molecule has 0 radical (unpaired) electrons. The highest BCUT2D eigenvalue weighted by molar-refractivity contribution is 7.92. The van der Waals surface area contributed by atoms with Gasteiger partial charge in [0.2, 0.25) is 5.88 Å². The fourth-order valence-corrected chi connectivity index (χ4v) is 4.53. The van der Waals surface area contributed by atoms with Crippen LogP contribution in [0, 0.1) is 5.82 Å². The second kappa shape index (κ2) is 10.7. The number of nitrogens with one attached hydrogen (secondary N) is 3. The molecular weight excluding hydrogens is 475 g/mol. The Kier molecular flexibility index (Phi) is 7.49. The van der Waals surface area contributed by atoms with Crippen LogP contribution in [0.3, 0.4) is 0 Å². The summed E-state index contributed by atoms with van der Waals surface area (Å²) in [6.45, 7) is 0.946. The number of ether oxygens (including phenoxy) is 2. The average Bonchev–Trinajstić information content (AvgIpc) is 3.28. The van der Waals surface area contributed by atoms with Gasteiger partial charge >= 0.3 is 0 Å². The lowest BCUT2D eigenvalue weighted by Crippen LogP contribution is -2.26. The van der Waals surface area contributed by atoms with E-state index in [0.717, 1.165) is 17.0 Å². The molecule has 4 rings (SSSR count). The number of nitrogens with zero attached hydrogens (tertiary/aromatic N) is 1. The normalized spacial score (nSPS) is 12.4. The Morgan fingerprint density at radius 3 is 2.69 bits per heavy atom. The second-order valence-electron chi connectivity index (χ2n) is 7.67. The highest BCUT2D eigenvalue weighted by Crippen LogP contribution is 2.26. The maximum absolute atomic E-state index is 14.3. The minimum Gasteiger partial charge on any atom is -0.492 e. The molecular formula is C24H25FN4O5S. The molecule has 0 bridgehead atoms. The van der Waals surface area contributed by atoms with E-state index in [1.807, 2.05) is 18.2 Å². The van der Waals surface area contributed by atoms with Gasteiger partial charge in [0.25, 0.3) is 10.0 Å². The van der Waals surface area contributed by atoms with E-state index in [4.69, 9.17) is 9.47 Å². The number of sulfonamides is 1. The van der Waals surface area contributed by atoms with Crippen molar-refractivity contribution in [1.82, 2.24) is 15.5 Å². The number of aliphatic hydroxyl groups excluding tert-OH is 1. The molecule has 4 aromatic rings. The molecule has 0 aliphatic rings. The van der Waals surface area contributed by atoms with Gasteiger partial charge in [-0.15, -0.1) is 5.10 Å². The highest BCUT2D eigenvalue weighted by atomic mass is 32.2. The minimum atomic E-state index is -3.96. The van der Waals surface area contributed by atoms with Gasteiger partial charge in [-0.2, -0.15) is 0 Å². The number of aliphatic hydroxyl groups is 1. The van der Waals surface area contributed by atoms with Gasteiger partial charge in [0, 0.05) is 19.2 Å². The number of hydrogen-bond acceptors (Lipinski definition) is 7. The quantitative estimate of drug-likeness (QED) is 0.233. The van der Waals surface area contributed by atoms with Gasteiger partial charge < -0.3 is 19.9 Å². The molecule has 4 N–H and O–H groups in total. The van der Waals surface area contributed by atoms with Crippen molar-refractivity contribution < 1.29 is 27.4 Å². The number of fused-ring (bicyclic) bond motifs is 1. The molecule has 0 amide bonds. The van der Waals surface area contributed by atoms with Crippen LogP contribution < -0.4 is 19.5 Å². The monoisotopic (exact) mass is 500 g/mol. The summed E-state index contributed by atoms with van der Waals surface area (Å²) in [5.74, 6) is 0.424. The molecule has 9 nitrogen and oxygen atoms in total. The molecule has 0 saturated carbocycles. The van der Waals surface area contributed by atoms with Gasteiger partial charge in [-0.1, -0.05) is 24.3 Å². The van der Waals surface area contributed by atoms with Crippen molar-refractivity contribution in [2.24, 2.45) is 0 Å². The molecule has 0 saturated heterocycles. The lowest BCUT2D eigenvalue weighted by molar-refractivity contribution is 0.172. The van der Waals surface area contributed by atoms with Crippen LogP contribution in [0.2, 0.25) is 0 Å². The van der Waals surface area contributed by atoms with Gasteiger partial charge in [0.1, 0.15) is 18.2 Å². The summed E-state index contributed by atoms with van der Waals surface area (Å²) in [7, 11) is -2.41. The Bertz CT molecular complexity index is 1400. The number of hydrogen-bond donors (Lipinski definition) is 4. The summed E-state index contributed by atoms with van der Waals surface area (Å²) in [5, 5.41) is 21.3. The lowest BCUT2D eigenvalue weighted by atomic mass is 10.1. The summed E-state index contributed by atoms with van der Waals surface area (Å²) < 4.78 is 52.4. The van der Waals surface area contributed by atoms with Crippen LogP contribution in [-0.2, 0) is 10.0 Å². The molecule has 0 fully saturated rings. The van der Waals surface area contributed by atoms with E-state index in [1.165, 1.54) is 24.3 Å². The Morgan fingerprint density at radius 1 is 1.11 bits per heavy atom. The molecule has 0 aliphatic heterocycles. The van der Waals surface area contributed by atoms with Crippen LogP contribution in [0.4, 0.5) is 10.1 Å². The number of methoxy groups -OCH3 is 1. The second-order valence-corrected chi connectivity index (χ2v) is 9.35. The third kappa shape index (κ3) is 5.88. The largest absolute Gasteiger partial charge is 0.492 e. The Hall–Kier alpha value is -3.67. The number of benzene rings is 3. The van der Waals surface area contributed by atoms with Crippen molar-refractivity contribution in [3.63, 3.8) is 0 Å². The molecule has 35 heavy (non-hydrogen) atoms. The summed E-state index contributed by atoms with van der Waals surface area (Å²) in [5.41, 5.74) is 0.918. The van der Waals surface area contributed by atoms with Crippen LogP contribution in [0.5, 0.6) is 11.6 Å². The molecule has 0 aliphatic carbocycles. The first-order valence-electron chi connectivity index (χ1n) is 10.8. The number of halogens is 1. The predicted octanol–water partition coefficient (Wildman–Crippen LogP) is 3.21. The maximum Gasteiger partial charge on any atom is 0.261 e. The first-order chi connectivity index (χ1) is 16.9. The van der Waals surface area contributed by atoms with Gasteiger partial charge in [-0.3, -0.25) is 9.82 Å². The summed E-state index contributed by atoms with van der Waals surface area (Å²) in [6, 6.07) is 16.9. The molecule has 0 spiro atoms. The third-order valence-electron chi connectivity index (χ3n) is 5.25. The number of H-pyrrole nitrogens is 1. The molecule has 1 atom stereocenters. The number of aromatic nitrogens is 2. The zero-order chi connectivity index (χ0) is 24.8. The van der Waals surface area contributed by atoms with Crippen molar-refractivity contribution in [3.05, 3.63) is 78.1 Å². The number of rotatable bonds is 11. The fourth-order valence-electron chi connectivity index (χ4n) is 3.45. The SMILES string of the molecule is COc1n[nH]c2cc(OCCNC[C@H](O)c3ccc(F)c(NS(=O)(=O)c4ccccc4)c3)ccc12. The van der Waals surface area contributed by atoms with Crippen molar-refractivity contribution in [2.45, 2.75) is 11.0 Å². The van der Waals surface area contributed by atoms with Crippen LogP contribution in [0.1, 0.15) is 11.7 Å². The van der Waals surface area contributed by atoms with E-state index in [9.17, 15) is 17.9 Å². The van der Waals surface area contributed by atoms with Crippen molar-refractivity contribution in [1.29, 1.82) is 0 Å². The molecule has 3 aromatic carbocycles. The molecule has 1 heterocycles. The van der Waals surface area contributed by atoms with Gasteiger partial charge in [0.05, 0.1) is 34.7 Å². The highest BCUT2D eigenvalue weighted by Gasteiger charge is 2.18. The zero-order valence-electron chi connectivity index (χ0n) is 18.9. The number of anilines is 1. The van der Waals surface area contributed by atoms with Crippen molar-refractivity contribution in [2.75, 3.05) is 31.5 Å². The third-order valence-corrected chi connectivity index (χ3v) is 6.63. The average molecular weight is 501 g/mol. The Balaban J connectivity index is 1.29. The van der Waals surface area contributed by atoms with E-state index in [2.05, 4.69) is 20.2 Å². The minimum absolute atomic E-state index is 0.0119. The predicted molar refractivity (Wildman–Crippen MR) is 130 cm³/mol. The Labute approximate surface area is 201 Å². The summed E-state index contributed by atoms with van der Waals surface area (Å²) >= 11 is 0. The topological polar surface area (TPSA) is 126 Å². The van der Waals surface area contributed by atoms with Crippen LogP contribution >= 0.6 is 0 Å². The van der Waals surface area contributed by atoms with E-state index in [0.29, 0.717) is 30.3 Å². The van der Waals surface area contributed by atoms with Crippen molar-refractivity contribution >= 4 is 26.6 Å². The molecule has 184 valence electrons. The fraction of sp³-hybridized carbons (Fsp3) is 0.208. The van der Waals surface area contributed by atoms with Crippen LogP contribution in [-0.4, -0.2) is 50.5 Å². The molecule has 0 unspecified atom stereocenters. The maximum atomic E-state index is 14.3. The van der Waals surface area contributed by atoms with E-state index in [-0.39, 0.29) is 17.1 Å². The standard InChI is InChI=1S/C24H25FN4O5S/c1-33-24-19-9-8-17(14-21(19)27-28-24)34-12-11-26-15-23(30)16-7-10-20(25)22(13-16)29-35(31,32)18-5-3-2-4-6-18/h2-10,13-14,23,26,29-30H,11-12,15H2,1H3,(H,27,28)/t23-/m0/s1. The summed E-state index contributed by atoms with van der Waals surface area (Å²) in [6.07, 6.45) is -0.982. The van der Waals surface area contributed by atoms with Crippen LogP contribution in [0.15, 0.2) is 71.6 Å². The zero-order valence-corrected chi connectivity index (χ0v) is 19.7. The van der Waals surface area contributed by atoms with Gasteiger partial charge in [-0.05, 0) is 42.0 Å². The van der Waals surface area contributed by atoms with E-state index >= 15 is 0 Å². The van der Waals surface area contributed by atoms with Crippen molar-refractivity contribution in [3.8, 4) is 11.6 Å². The van der Waals surface area contributed by atoms with Gasteiger partial charge in [0.15, 0.2) is 0 Å². The smallest absolute Gasteiger partial charge is 0.261 e. The Morgan fingerprint density at radius 2 is 1.91 bits per heavy atom. The summed E-state index contributed by atoms with van der Waals surface area (Å²) in [4.78, 5) is 0.0119. The van der Waals surface area contributed by atoms with Crippen LogP contribution in [0.25, 0.3) is 10.9 Å². The van der Waals surface area contributed by atoms with Gasteiger partial charge in [-0.25, -0.2) is 12.8 Å². The molecule has 11 heteroatoms. The first-order valence-corrected chi connectivity index (χ1v) is 12.3. The molecule has 1 aromatic heterocycles.